The number of carbonyl (C=O) groups excluding carboxylic acids is 1. The summed E-state index contributed by atoms with van der Waals surface area (Å²) in [7, 11) is -2.98. The largest absolute Gasteiger partial charge is 0.350 e. The molecular weight excluding hydrogens is 352 g/mol. The minimum absolute atomic E-state index is 0.0497. The SMILES string of the molecule is O=C(NCC1CCCS(=O)(=O)C1)c1nc(N2CCCC2)ncc1Cl. The van der Waals surface area contributed by atoms with Crippen molar-refractivity contribution < 1.29 is 13.2 Å². The molecule has 2 fully saturated rings. The third kappa shape index (κ3) is 4.16. The van der Waals surface area contributed by atoms with Gasteiger partial charge in [0.25, 0.3) is 5.91 Å². The fourth-order valence-corrected chi connectivity index (χ4v) is 5.14. The smallest absolute Gasteiger partial charge is 0.271 e. The molecule has 9 heteroatoms. The summed E-state index contributed by atoms with van der Waals surface area (Å²) in [5, 5.41) is 2.97. The van der Waals surface area contributed by atoms with Crippen molar-refractivity contribution in [1.29, 1.82) is 0 Å². The second-order valence-electron chi connectivity index (χ2n) is 6.39. The van der Waals surface area contributed by atoms with Crippen LogP contribution >= 0.6 is 11.6 Å². The topological polar surface area (TPSA) is 92.3 Å². The monoisotopic (exact) mass is 372 g/mol. The quantitative estimate of drug-likeness (QED) is 0.856. The number of nitrogens with one attached hydrogen (secondary N) is 1. The van der Waals surface area contributed by atoms with E-state index in [0.29, 0.717) is 18.9 Å². The third-order valence-corrected chi connectivity index (χ3v) is 6.61. The summed E-state index contributed by atoms with van der Waals surface area (Å²) < 4.78 is 23.3. The fourth-order valence-electron chi connectivity index (χ4n) is 3.19. The molecule has 0 bridgehead atoms. The van der Waals surface area contributed by atoms with Crippen LogP contribution in [0.5, 0.6) is 0 Å². The van der Waals surface area contributed by atoms with Crippen LogP contribution in [-0.2, 0) is 9.84 Å². The van der Waals surface area contributed by atoms with Crippen molar-refractivity contribution in [2.75, 3.05) is 36.0 Å². The van der Waals surface area contributed by atoms with Crippen LogP contribution in [-0.4, -0.2) is 55.4 Å². The number of anilines is 1. The van der Waals surface area contributed by atoms with E-state index in [1.807, 2.05) is 4.90 Å². The van der Waals surface area contributed by atoms with E-state index in [9.17, 15) is 13.2 Å². The Labute approximate surface area is 146 Å². The van der Waals surface area contributed by atoms with Crippen LogP contribution in [0.15, 0.2) is 6.20 Å². The van der Waals surface area contributed by atoms with Gasteiger partial charge in [-0.05, 0) is 31.6 Å². The van der Waals surface area contributed by atoms with Crippen LogP contribution in [0.2, 0.25) is 5.02 Å². The predicted molar refractivity (Wildman–Crippen MR) is 92.2 cm³/mol. The Kier molecular flexibility index (Phi) is 5.24. The highest BCUT2D eigenvalue weighted by Gasteiger charge is 2.26. The molecule has 0 spiro atoms. The maximum atomic E-state index is 12.4. The van der Waals surface area contributed by atoms with Gasteiger partial charge in [0.05, 0.1) is 22.7 Å². The van der Waals surface area contributed by atoms with Gasteiger partial charge in [-0.1, -0.05) is 11.6 Å². The lowest BCUT2D eigenvalue weighted by molar-refractivity contribution is 0.0942. The summed E-state index contributed by atoms with van der Waals surface area (Å²) in [4.78, 5) is 22.9. The lowest BCUT2D eigenvalue weighted by Gasteiger charge is -2.22. The molecule has 0 saturated carbocycles. The number of amides is 1. The Bertz CT molecular complexity index is 719. The molecule has 3 heterocycles. The molecule has 0 radical (unpaired) electrons. The first-order valence-corrected chi connectivity index (χ1v) is 10.4. The molecule has 1 amide bonds. The Hall–Kier alpha value is -1.41. The van der Waals surface area contributed by atoms with Gasteiger partial charge in [-0.25, -0.2) is 18.4 Å². The van der Waals surface area contributed by atoms with Gasteiger partial charge in [0.1, 0.15) is 0 Å². The molecule has 0 aliphatic carbocycles. The van der Waals surface area contributed by atoms with Crippen LogP contribution in [0, 0.1) is 5.92 Å². The molecule has 1 aromatic heterocycles. The highest BCUT2D eigenvalue weighted by Crippen LogP contribution is 2.21. The molecule has 2 aliphatic rings. The number of rotatable bonds is 4. The van der Waals surface area contributed by atoms with Crippen LogP contribution in [0.25, 0.3) is 0 Å². The molecule has 24 heavy (non-hydrogen) atoms. The average Bonchev–Trinajstić information content (AvgIpc) is 3.06. The molecule has 132 valence electrons. The molecule has 1 N–H and O–H groups in total. The number of hydrogen-bond donors (Lipinski definition) is 1. The number of carbonyl (C=O) groups is 1. The zero-order valence-electron chi connectivity index (χ0n) is 13.4. The van der Waals surface area contributed by atoms with E-state index in [2.05, 4.69) is 15.3 Å². The average molecular weight is 373 g/mol. The van der Waals surface area contributed by atoms with Crippen molar-refractivity contribution in [1.82, 2.24) is 15.3 Å². The fraction of sp³-hybridized carbons (Fsp3) is 0.667. The van der Waals surface area contributed by atoms with Gasteiger partial charge < -0.3 is 10.2 Å². The second kappa shape index (κ2) is 7.23. The van der Waals surface area contributed by atoms with Crippen LogP contribution in [0.3, 0.4) is 0 Å². The second-order valence-corrected chi connectivity index (χ2v) is 9.03. The van der Waals surface area contributed by atoms with Crippen LogP contribution in [0.1, 0.15) is 36.2 Å². The van der Waals surface area contributed by atoms with E-state index in [1.165, 1.54) is 6.20 Å². The Morgan fingerprint density at radius 3 is 2.79 bits per heavy atom. The number of aromatic nitrogens is 2. The molecule has 3 rings (SSSR count). The van der Waals surface area contributed by atoms with Gasteiger partial charge in [-0.3, -0.25) is 4.79 Å². The van der Waals surface area contributed by atoms with Crippen molar-refractivity contribution in [2.45, 2.75) is 25.7 Å². The van der Waals surface area contributed by atoms with E-state index in [4.69, 9.17) is 11.6 Å². The minimum atomic E-state index is -2.98. The molecule has 1 aromatic rings. The predicted octanol–water partition coefficient (Wildman–Crippen LogP) is 1.28. The summed E-state index contributed by atoms with van der Waals surface area (Å²) in [5.41, 5.74) is 0.146. The van der Waals surface area contributed by atoms with Crippen molar-refractivity contribution in [3.63, 3.8) is 0 Å². The van der Waals surface area contributed by atoms with Gasteiger partial charge >= 0.3 is 0 Å². The molecular formula is C15H21ClN4O3S. The maximum Gasteiger partial charge on any atom is 0.271 e. The summed E-state index contributed by atoms with van der Waals surface area (Å²) in [6.07, 6.45) is 5.07. The van der Waals surface area contributed by atoms with E-state index >= 15 is 0 Å². The Morgan fingerprint density at radius 2 is 2.08 bits per heavy atom. The highest BCUT2D eigenvalue weighted by molar-refractivity contribution is 7.91. The minimum Gasteiger partial charge on any atom is -0.350 e. The number of sulfone groups is 1. The van der Waals surface area contributed by atoms with Gasteiger partial charge in [-0.2, -0.15) is 0 Å². The van der Waals surface area contributed by atoms with Crippen molar-refractivity contribution in [3.8, 4) is 0 Å². The summed E-state index contributed by atoms with van der Waals surface area (Å²) in [6, 6.07) is 0. The highest BCUT2D eigenvalue weighted by atomic mass is 35.5. The normalized spacial score (nSPS) is 23.2. The van der Waals surface area contributed by atoms with Gasteiger partial charge in [0, 0.05) is 19.6 Å². The Morgan fingerprint density at radius 1 is 1.33 bits per heavy atom. The van der Waals surface area contributed by atoms with E-state index in [1.54, 1.807) is 0 Å². The van der Waals surface area contributed by atoms with E-state index < -0.39 is 9.84 Å². The van der Waals surface area contributed by atoms with Crippen molar-refractivity contribution in [3.05, 3.63) is 16.9 Å². The lowest BCUT2D eigenvalue weighted by atomic mass is 10.1. The zero-order chi connectivity index (χ0) is 17.2. The number of halogens is 1. The van der Waals surface area contributed by atoms with Crippen LogP contribution < -0.4 is 10.2 Å². The summed E-state index contributed by atoms with van der Waals surface area (Å²) in [5.74, 6) is 0.456. The first kappa shape index (κ1) is 17.4. The molecule has 0 aromatic carbocycles. The third-order valence-electron chi connectivity index (χ3n) is 4.44. The first-order chi connectivity index (χ1) is 11.4. The summed E-state index contributed by atoms with van der Waals surface area (Å²) in [6.45, 7) is 2.07. The molecule has 2 saturated heterocycles. The number of nitrogens with zero attached hydrogens (tertiary/aromatic N) is 3. The van der Waals surface area contributed by atoms with Gasteiger partial charge in [-0.15, -0.1) is 0 Å². The number of hydrogen-bond acceptors (Lipinski definition) is 6. The zero-order valence-corrected chi connectivity index (χ0v) is 14.9. The van der Waals surface area contributed by atoms with Crippen molar-refractivity contribution >= 4 is 33.3 Å². The van der Waals surface area contributed by atoms with Crippen LogP contribution in [0.4, 0.5) is 5.95 Å². The molecule has 7 nitrogen and oxygen atoms in total. The molecule has 2 aliphatic heterocycles. The Balaban J connectivity index is 1.65. The first-order valence-electron chi connectivity index (χ1n) is 8.21. The maximum absolute atomic E-state index is 12.4. The van der Waals surface area contributed by atoms with E-state index in [0.717, 1.165) is 32.4 Å². The van der Waals surface area contributed by atoms with Gasteiger partial charge in [0.2, 0.25) is 5.95 Å². The molecule has 1 atom stereocenters. The van der Waals surface area contributed by atoms with Gasteiger partial charge in [0.15, 0.2) is 15.5 Å². The standard InChI is InChI=1S/C15H21ClN4O3S/c16-12-9-18-15(20-5-1-2-6-20)19-13(12)14(21)17-8-11-4-3-7-24(22,23)10-11/h9,11H,1-8,10H2,(H,17,21). The lowest BCUT2D eigenvalue weighted by Crippen LogP contribution is -2.36. The van der Waals surface area contributed by atoms with Crippen molar-refractivity contribution in [2.24, 2.45) is 5.92 Å². The summed E-state index contributed by atoms with van der Waals surface area (Å²) >= 11 is 6.06. The molecule has 1 unspecified atom stereocenters. The van der Waals surface area contributed by atoms with E-state index in [-0.39, 0.29) is 34.0 Å².